The van der Waals surface area contributed by atoms with Crippen molar-refractivity contribution in [1.82, 2.24) is 19.5 Å². The summed E-state index contributed by atoms with van der Waals surface area (Å²) >= 11 is 0. The second-order valence-electron chi connectivity index (χ2n) is 4.42. The fraction of sp³-hybridized carbons (Fsp3) is 0.417. The predicted molar refractivity (Wildman–Crippen MR) is 64.1 cm³/mol. The summed E-state index contributed by atoms with van der Waals surface area (Å²) in [5.41, 5.74) is 1.24. The molecule has 0 bridgehead atoms. The monoisotopic (exact) mass is 246 g/mol. The van der Waals surface area contributed by atoms with Gasteiger partial charge in [-0.15, -0.1) is 0 Å². The topological polar surface area (TPSA) is 70.7 Å². The lowest BCUT2D eigenvalue weighted by Gasteiger charge is -2.20. The molecule has 1 aliphatic rings. The maximum Gasteiger partial charge on any atom is 0.258 e. The van der Waals surface area contributed by atoms with Crippen LogP contribution in [0.2, 0.25) is 0 Å². The van der Waals surface area contributed by atoms with Crippen molar-refractivity contribution in [3.8, 4) is 0 Å². The molecular weight excluding hydrogens is 232 g/mol. The average Bonchev–Trinajstić information content (AvgIpc) is 3.14. The lowest BCUT2D eigenvalue weighted by Crippen LogP contribution is -2.35. The number of carbonyl (C=O) groups excluding carboxylic acids is 1. The number of amides is 1. The van der Waals surface area contributed by atoms with E-state index in [-0.39, 0.29) is 18.6 Å². The molecule has 2 aromatic rings. The molecule has 0 spiro atoms. The van der Waals surface area contributed by atoms with E-state index in [4.69, 9.17) is 5.11 Å². The number of hydrogen-bond acceptors (Lipinski definition) is 4. The quantitative estimate of drug-likeness (QED) is 0.843. The molecule has 1 fully saturated rings. The van der Waals surface area contributed by atoms with Crippen molar-refractivity contribution in [3.63, 3.8) is 0 Å². The van der Waals surface area contributed by atoms with Crippen molar-refractivity contribution in [2.45, 2.75) is 18.9 Å². The van der Waals surface area contributed by atoms with Gasteiger partial charge in [0.2, 0.25) is 0 Å². The number of carbonyl (C=O) groups is 1. The zero-order chi connectivity index (χ0) is 12.5. The van der Waals surface area contributed by atoms with Gasteiger partial charge in [0.25, 0.3) is 5.91 Å². The number of rotatable bonds is 4. The number of aliphatic hydroxyl groups is 1. The third kappa shape index (κ3) is 1.84. The van der Waals surface area contributed by atoms with Crippen LogP contribution in [0.4, 0.5) is 0 Å². The highest BCUT2D eigenvalue weighted by Crippen LogP contribution is 2.28. The number of fused-ring (bicyclic) bond motifs is 1. The van der Waals surface area contributed by atoms with Crippen LogP contribution in [0.5, 0.6) is 0 Å². The standard InChI is InChI=1S/C12H14N4O2/c17-6-5-15(9-1-2-9)12(18)10-7-14-16-4-3-13-8-11(10)16/h3-4,7-9,17H,1-2,5-6H2. The van der Waals surface area contributed by atoms with Crippen molar-refractivity contribution < 1.29 is 9.90 Å². The van der Waals surface area contributed by atoms with E-state index in [1.807, 2.05) is 0 Å². The maximum absolute atomic E-state index is 12.4. The summed E-state index contributed by atoms with van der Waals surface area (Å²) in [7, 11) is 0. The Labute approximate surface area is 104 Å². The molecule has 1 amide bonds. The Kier molecular flexibility index (Phi) is 2.71. The first-order valence-corrected chi connectivity index (χ1v) is 6.00. The van der Waals surface area contributed by atoms with Crippen LogP contribution >= 0.6 is 0 Å². The minimum absolute atomic E-state index is 0.0142. The van der Waals surface area contributed by atoms with E-state index in [2.05, 4.69) is 10.1 Å². The van der Waals surface area contributed by atoms with Crippen molar-refractivity contribution in [1.29, 1.82) is 0 Å². The van der Waals surface area contributed by atoms with Crippen molar-refractivity contribution in [3.05, 3.63) is 30.4 Å². The van der Waals surface area contributed by atoms with Gasteiger partial charge >= 0.3 is 0 Å². The van der Waals surface area contributed by atoms with Gasteiger partial charge < -0.3 is 10.0 Å². The lowest BCUT2D eigenvalue weighted by atomic mass is 10.2. The second kappa shape index (κ2) is 4.38. The van der Waals surface area contributed by atoms with E-state index in [0.29, 0.717) is 17.6 Å². The molecule has 1 saturated carbocycles. The fourth-order valence-electron chi connectivity index (χ4n) is 2.10. The summed E-state index contributed by atoms with van der Waals surface area (Å²) in [6.45, 7) is 0.362. The van der Waals surface area contributed by atoms with Crippen LogP contribution < -0.4 is 0 Å². The zero-order valence-corrected chi connectivity index (χ0v) is 9.86. The Bertz CT molecular complexity index is 576. The van der Waals surface area contributed by atoms with Crippen LogP contribution in [0.1, 0.15) is 23.2 Å². The van der Waals surface area contributed by atoms with Gasteiger partial charge in [0, 0.05) is 25.0 Å². The van der Waals surface area contributed by atoms with Gasteiger partial charge in [0.1, 0.15) is 0 Å². The number of nitrogens with zero attached hydrogens (tertiary/aromatic N) is 4. The Morgan fingerprint density at radius 2 is 2.33 bits per heavy atom. The molecule has 0 unspecified atom stereocenters. The molecule has 2 aromatic heterocycles. The maximum atomic E-state index is 12.4. The summed E-state index contributed by atoms with van der Waals surface area (Å²) in [5, 5.41) is 13.2. The van der Waals surface area contributed by atoms with E-state index in [1.165, 1.54) is 0 Å². The molecule has 94 valence electrons. The summed E-state index contributed by atoms with van der Waals surface area (Å²) in [5.74, 6) is -0.0745. The smallest absolute Gasteiger partial charge is 0.258 e. The Balaban J connectivity index is 1.95. The van der Waals surface area contributed by atoms with E-state index in [1.54, 1.807) is 34.2 Å². The largest absolute Gasteiger partial charge is 0.395 e. The van der Waals surface area contributed by atoms with Crippen molar-refractivity contribution in [2.24, 2.45) is 0 Å². The van der Waals surface area contributed by atoms with E-state index in [0.717, 1.165) is 12.8 Å². The zero-order valence-electron chi connectivity index (χ0n) is 9.86. The fourth-order valence-corrected chi connectivity index (χ4v) is 2.10. The van der Waals surface area contributed by atoms with Crippen molar-refractivity contribution >= 4 is 11.4 Å². The van der Waals surface area contributed by atoms with E-state index < -0.39 is 0 Å². The van der Waals surface area contributed by atoms with Gasteiger partial charge in [-0.25, -0.2) is 4.52 Å². The Morgan fingerprint density at radius 1 is 1.50 bits per heavy atom. The SMILES string of the molecule is O=C(c1cnn2ccncc12)N(CCO)C1CC1. The Hall–Kier alpha value is -1.95. The molecule has 0 aromatic carbocycles. The first-order valence-electron chi connectivity index (χ1n) is 6.00. The van der Waals surface area contributed by atoms with Crippen molar-refractivity contribution in [2.75, 3.05) is 13.2 Å². The molecule has 0 aliphatic heterocycles. The Morgan fingerprint density at radius 3 is 3.06 bits per heavy atom. The first kappa shape index (κ1) is 11.2. The summed E-state index contributed by atoms with van der Waals surface area (Å²) in [6.07, 6.45) is 8.56. The van der Waals surface area contributed by atoms with Crippen LogP contribution in [0, 0.1) is 0 Å². The first-order chi connectivity index (χ1) is 8.81. The average molecular weight is 246 g/mol. The van der Waals surface area contributed by atoms with Gasteiger partial charge in [-0.1, -0.05) is 0 Å². The summed E-state index contributed by atoms with van der Waals surface area (Å²) in [4.78, 5) is 18.2. The predicted octanol–water partition coefficient (Wildman–Crippen LogP) is 0.326. The van der Waals surface area contributed by atoms with Crippen LogP contribution in [0.3, 0.4) is 0 Å². The molecule has 1 aliphatic carbocycles. The molecule has 3 rings (SSSR count). The third-order valence-corrected chi connectivity index (χ3v) is 3.14. The molecule has 1 N–H and O–H groups in total. The van der Waals surface area contributed by atoms with Crippen LogP contribution in [-0.4, -0.2) is 49.7 Å². The third-order valence-electron chi connectivity index (χ3n) is 3.14. The second-order valence-corrected chi connectivity index (χ2v) is 4.42. The molecule has 2 heterocycles. The molecule has 6 heteroatoms. The summed E-state index contributed by atoms with van der Waals surface area (Å²) < 4.78 is 1.63. The highest BCUT2D eigenvalue weighted by atomic mass is 16.3. The lowest BCUT2D eigenvalue weighted by molar-refractivity contribution is 0.0709. The minimum atomic E-state index is -0.0745. The van der Waals surface area contributed by atoms with Crippen LogP contribution in [0.15, 0.2) is 24.8 Å². The molecule has 18 heavy (non-hydrogen) atoms. The van der Waals surface area contributed by atoms with E-state index in [9.17, 15) is 4.79 Å². The molecular formula is C12H14N4O2. The van der Waals surface area contributed by atoms with E-state index >= 15 is 0 Å². The minimum Gasteiger partial charge on any atom is -0.395 e. The van der Waals surface area contributed by atoms with Gasteiger partial charge in [0.15, 0.2) is 0 Å². The van der Waals surface area contributed by atoms with Crippen LogP contribution in [0.25, 0.3) is 5.52 Å². The van der Waals surface area contributed by atoms with Gasteiger partial charge in [-0.2, -0.15) is 5.10 Å². The highest BCUT2D eigenvalue weighted by molar-refractivity contribution is 6.00. The summed E-state index contributed by atoms with van der Waals surface area (Å²) in [6, 6.07) is 0.274. The van der Waals surface area contributed by atoms with Crippen LogP contribution in [-0.2, 0) is 0 Å². The van der Waals surface area contributed by atoms with Gasteiger partial charge in [-0.3, -0.25) is 9.78 Å². The normalized spacial score (nSPS) is 14.9. The van der Waals surface area contributed by atoms with Gasteiger partial charge in [0.05, 0.1) is 30.1 Å². The number of hydrogen-bond donors (Lipinski definition) is 1. The van der Waals surface area contributed by atoms with Gasteiger partial charge in [-0.05, 0) is 12.8 Å². The molecule has 0 saturated heterocycles. The highest BCUT2D eigenvalue weighted by Gasteiger charge is 2.33. The molecule has 0 radical (unpaired) electrons. The molecule has 0 atom stereocenters. The molecule has 6 nitrogen and oxygen atoms in total. The number of aliphatic hydroxyl groups excluding tert-OH is 1. The number of aromatic nitrogens is 3.